The lowest BCUT2D eigenvalue weighted by Gasteiger charge is -2.20. The van der Waals surface area contributed by atoms with Crippen molar-refractivity contribution in [2.45, 2.75) is 20.8 Å². The first kappa shape index (κ1) is 15.9. The van der Waals surface area contributed by atoms with Crippen molar-refractivity contribution in [2.24, 2.45) is 0 Å². The zero-order valence-corrected chi connectivity index (χ0v) is 13.8. The number of halogens is 2. The molecule has 2 rings (SSSR count). The summed E-state index contributed by atoms with van der Waals surface area (Å²) in [6.45, 7) is 7.95. The highest BCUT2D eigenvalue weighted by atomic mass is 35.5. The Kier molecular flexibility index (Phi) is 5.26. The molecule has 0 spiro atoms. The van der Waals surface area contributed by atoms with Crippen LogP contribution in [0.1, 0.15) is 19.5 Å². The van der Waals surface area contributed by atoms with E-state index in [0.717, 1.165) is 30.3 Å². The quantitative estimate of drug-likeness (QED) is 0.866. The van der Waals surface area contributed by atoms with E-state index in [0.29, 0.717) is 16.0 Å². The van der Waals surface area contributed by atoms with Crippen molar-refractivity contribution in [1.82, 2.24) is 9.97 Å². The first-order valence-corrected chi connectivity index (χ1v) is 7.61. The van der Waals surface area contributed by atoms with Gasteiger partial charge in [0.2, 0.25) is 5.95 Å². The summed E-state index contributed by atoms with van der Waals surface area (Å²) in [6, 6.07) is 7.24. The fourth-order valence-electron chi connectivity index (χ4n) is 2.07. The van der Waals surface area contributed by atoms with E-state index in [4.69, 9.17) is 23.2 Å². The average molecular weight is 325 g/mol. The van der Waals surface area contributed by atoms with Crippen molar-refractivity contribution >= 4 is 40.7 Å². The first-order chi connectivity index (χ1) is 10.0. The number of nitrogens with one attached hydrogen (secondary N) is 1. The molecular weight excluding hydrogens is 307 g/mol. The standard InChI is InChI=1S/C15H18Cl2N4/c1-4-21(5-2)14-6-10(3)18-15(20-14)19-13-8-11(16)7-12(17)9-13/h6-9H,4-5H2,1-3H3,(H,18,19,20). The third-order valence-electron chi connectivity index (χ3n) is 3.05. The molecule has 0 aliphatic carbocycles. The minimum absolute atomic E-state index is 0.537. The summed E-state index contributed by atoms with van der Waals surface area (Å²) in [6.07, 6.45) is 0. The number of benzene rings is 1. The highest BCUT2D eigenvalue weighted by Crippen LogP contribution is 2.25. The molecule has 1 aromatic heterocycles. The van der Waals surface area contributed by atoms with Crippen molar-refractivity contribution in [2.75, 3.05) is 23.3 Å². The minimum atomic E-state index is 0.537. The molecule has 1 aromatic carbocycles. The summed E-state index contributed by atoms with van der Waals surface area (Å²) >= 11 is 12.0. The van der Waals surface area contributed by atoms with Gasteiger partial charge in [0.15, 0.2) is 0 Å². The van der Waals surface area contributed by atoms with Crippen molar-refractivity contribution in [3.8, 4) is 0 Å². The van der Waals surface area contributed by atoms with Crippen LogP contribution in [-0.4, -0.2) is 23.1 Å². The highest BCUT2D eigenvalue weighted by molar-refractivity contribution is 6.35. The van der Waals surface area contributed by atoms with E-state index in [1.54, 1.807) is 18.2 Å². The molecule has 0 atom stereocenters. The lowest BCUT2D eigenvalue weighted by Crippen LogP contribution is -2.23. The topological polar surface area (TPSA) is 41.1 Å². The number of rotatable bonds is 5. The van der Waals surface area contributed by atoms with E-state index in [9.17, 15) is 0 Å². The Balaban J connectivity index is 2.31. The van der Waals surface area contributed by atoms with Gasteiger partial charge in [0.1, 0.15) is 5.82 Å². The average Bonchev–Trinajstić information content (AvgIpc) is 2.38. The zero-order chi connectivity index (χ0) is 15.4. The Hall–Kier alpha value is -1.52. The summed E-state index contributed by atoms with van der Waals surface area (Å²) in [5.74, 6) is 1.44. The Labute approximate surface area is 135 Å². The third-order valence-corrected chi connectivity index (χ3v) is 3.48. The molecule has 1 N–H and O–H groups in total. The number of nitrogens with zero attached hydrogens (tertiary/aromatic N) is 3. The van der Waals surface area contributed by atoms with Gasteiger partial charge in [0, 0.05) is 40.6 Å². The molecule has 0 unspecified atom stereocenters. The van der Waals surface area contributed by atoms with Crippen LogP contribution in [0.25, 0.3) is 0 Å². The molecule has 112 valence electrons. The molecule has 2 aromatic rings. The fourth-order valence-corrected chi connectivity index (χ4v) is 2.60. The molecule has 0 saturated heterocycles. The number of hydrogen-bond donors (Lipinski definition) is 1. The van der Waals surface area contributed by atoms with E-state index in [1.807, 2.05) is 13.0 Å². The smallest absolute Gasteiger partial charge is 0.229 e. The van der Waals surface area contributed by atoms with Crippen LogP contribution in [0.15, 0.2) is 24.3 Å². The van der Waals surface area contributed by atoms with Crippen LogP contribution in [-0.2, 0) is 0 Å². The van der Waals surface area contributed by atoms with Crippen molar-refractivity contribution in [3.05, 3.63) is 40.0 Å². The summed E-state index contributed by atoms with van der Waals surface area (Å²) in [5, 5.41) is 4.29. The normalized spacial score (nSPS) is 10.5. The number of aryl methyl sites for hydroxylation is 1. The second-order valence-corrected chi connectivity index (χ2v) is 5.52. The largest absolute Gasteiger partial charge is 0.357 e. The predicted molar refractivity (Wildman–Crippen MR) is 90.1 cm³/mol. The fraction of sp³-hybridized carbons (Fsp3) is 0.333. The highest BCUT2D eigenvalue weighted by Gasteiger charge is 2.08. The molecule has 0 amide bonds. The lowest BCUT2D eigenvalue weighted by atomic mass is 10.3. The summed E-state index contributed by atoms with van der Waals surface area (Å²) < 4.78 is 0. The molecule has 0 aliphatic heterocycles. The molecule has 0 radical (unpaired) electrons. The number of hydrogen-bond acceptors (Lipinski definition) is 4. The van der Waals surface area contributed by atoms with Gasteiger partial charge in [-0.15, -0.1) is 0 Å². The zero-order valence-electron chi connectivity index (χ0n) is 12.3. The monoisotopic (exact) mass is 324 g/mol. The van der Waals surface area contributed by atoms with E-state index in [-0.39, 0.29) is 0 Å². The molecule has 6 heteroatoms. The van der Waals surface area contributed by atoms with Gasteiger partial charge in [0.25, 0.3) is 0 Å². The van der Waals surface area contributed by atoms with Gasteiger partial charge in [-0.3, -0.25) is 0 Å². The van der Waals surface area contributed by atoms with Crippen LogP contribution in [0.4, 0.5) is 17.5 Å². The molecule has 4 nitrogen and oxygen atoms in total. The van der Waals surface area contributed by atoms with Gasteiger partial charge < -0.3 is 10.2 Å². The molecule has 1 heterocycles. The maximum atomic E-state index is 6.00. The summed E-state index contributed by atoms with van der Waals surface area (Å²) in [5.41, 5.74) is 1.67. The Bertz CT molecular complexity index is 607. The van der Waals surface area contributed by atoms with Gasteiger partial charge in [-0.1, -0.05) is 23.2 Å². The molecule has 0 saturated carbocycles. The molecule has 0 bridgehead atoms. The van der Waals surface area contributed by atoms with E-state index in [1.165, 1.54) is 0 Å². The first-order valence-electron chi connectivity index (χ1n) is 6.85. The molecule has 0 aliphatic rings. The van der Waals surface area contributed by atoms with Gasteiger partial charge in [-0.05, 0) is 39.0 Å². The number of aromatic nitrogens is 2. The van der Waals surface area contributed by atoms with Gasteiger partial charge >= 0.3 is 0 Å². The van der Waals surface area contributed by atoms with Gasteiger partial charge in [0.05, 0.1) is 0 Å². The van der Waals surface area contributed by atoms with Crippen LogP contribution in [0.3, 0.4) is 0 Å². The maximum absolute atomic E-state index is 6.00. The Morgan fingerprint density at radius 1 is 1.00 bits per heavy atom. The van der Waals surface area contributed by atoms with Gasteiger partial charge in [-0.2, -0.15) is 4.98 Å². The summed E-state index contributed by atoms with van der Waals surface area (Å²) in [7, 11) is 0. The van der Waals surface area contributed by atoms with Crippen LogP contribution in [0.2, 0.25) is 10.0 Å². The third kappa shape index (κ3) is 4.22. The maximum Gasteiger partial charge on any atom is 0.229 e. The van der Waals surface area contributed by atoms with Crippen LogP contribution >= 0.6 is 23.2 Å². The van der Waals surface area contributed by atoms with Crippen LogP contribution in [0.5, 0.6) is 0 Å². The molecular formula is C15H18Cl2N4. The SMILES string of the molecule is CCN(CC)c1cc(C)nc(Nc2cc(Cl)cc(Cl)c2)n1. The number of anilines is 3. The van der Waals surface area contributed by atoms with Gasteiger partial charge in [-0.25, -0.2) is 4.98 Å². The second kappa shape index (κ2) is 6.96. The van der Waals surface area contributed by atoms with E-state index >= 15 is 0 Å². The summed E-state index contributed by atoms with van der Waals surface area (Å²) in [4.78, 5) is 11.1. The lowest BCUT2D eigenvalue weighted by molar-refractivity contribution is 0.840. The predicted octanol–water partition coefficient (Wildman–Crippen LogP) is 4.68. The van der Waals surface area contributed by atoms with E-state index in [2.05, 4.69) is 34.0 Å². The Morgan fingerprint density at radius 3 is 2.19 bits per heavy atom. The van der Waals surface area contributed by atoms with Crippen molar-refractivity contribution in [3.63, 3.8) is 0 Å². The minimum Gasteiger partial charge on any atom is -0.357 e. The molecule has 21 heavy (non-hydrogen) atoms. The molecule has 0 fully saturated rings. The van der Waals surface area contributed by atoms with E-state index < -0.39 is 0 Å². The van der Waals surface area contributed by atoms with Crippen LogP contribution in [0, 0.1) is 6.92 Å². The Morgan fingerprint density at radius 2 is 1.62 bits per heavy atom. The van der Waals surface area contributed by atoms with Crippen molar-refractivity contribution < 1.29 is 0 Å². The van der Waals surface area contributed by atoms with Crippen LogP contribution < -0.4 is 10.2 Å². The second-order valence-electron chi connectivity index (χ2n) is 4.65. The van der Waals surface area contributed by atoms with Crippen molar-refractivity contribution in [1.29, 1.82) is 0 Å².